The molecule has 0 saturated carbocycles. The molecule has 1 atom stereocenters. The molecule has 35 heavy (non-hydrogen) atoms. The summed E-state index contributed by atoms with van der Waals surface area (Å²) in [6.45, 7) is 5.79. The molecule has 2 aromatic carbocycles. The number of amides is 1. The predicted molar refractivity (Wildman–Crippen MR) is 130 cm³/mol. The van der Waals surface area contributed by atoms with Crippen LogP contribution >= 0.6 is 0 Å². The van der Waals surface area contributed by atoms with Gasteiger partial charge in [-0.05, 0) is 74.5 Å². The van der Waals surface area contributed by atoms with Crippen LogP contribution in [-0.2, 0) is 6.54 Å². The number of aryl methyl sites for hydroxylation is 2. The first-order valence-electron chi connectivity index (χ1n) is 11.8. The van der Waals surface area contributed by atoms with Crippen LogP contribution in [0.5, 0.6) is 0 Å². The highest BCUT2D eigenvalue weighted by molar-refractivity contribution is 6.11. The molecule has 7 nitrogen and oxygen atoms in total. The number of hydrogen-bond acceptors (Lipinski definition) is 5. The highest BCUT2D eigenvalue weighted by Gasteiger charge is 2.32. The van der Waals surface area contributed by atoms with Gasteiger partial charge in [-0.3, -0.25) is 14.4 Å². The summed E-state index contributed by atoms with van der Waals surface area (Å²) in [4.78, 5) is 20.0. The fraction of sp³-hybridized carbons (Fsp3) is 0.308. The van der Waals surface area contributed by atoms with Gasteiger partial charge in [0, 0.05) is 30.2 Å². The monoisotopic (exact) mass is 476 g/mol. The average Bonchev–Trinajstić information content (AvgIpc) is 3.34. The summed E-state index contributed by atoms with van der Waals surface area (Å²) < 4.78 is 31.1. The number of pyridine rings is 1. The van der Waals surface area contributed by atoms with E-state index in [2.05, 4.69) is 20.6 Å². The number of piperidine rings is 1. The van der Waals surface area contributed by atoms with E-state index in [1.807, 2.05) is 6.92 Å². The maximum atomic E-state index is 15.4. The average molecular weight is 477 g/mol. The summed E-state index contributed by atoms with van der Waals surface area (Å²) in [6, 6.07) is 8.82. The van der Waals surface area contributed by atoms with Crippen LogP contribution < -0.4 is 10.2 Å². The number of carbonyl (C=O) groups excluding carboxylic acids is 1. The number of anilines is 1. The number of hydrogen-bond donors (Lipinski definition) is 1. The number of nitrogens with one attached hydrogen (secondary N) is 1. The third kappa shape index (κ3) is 4.39. The second kappa shape index (κ2) is 9.50. The lowest BCUT2D eigenvalue weighted by Gasteiger charge is -2.35. The first-order valence-corrected chi connectivity index (χ1v) is 11.8. The lowest BCUT2D eigenvalue weighted by atomic mass is 10.0. The molecule has 0 unspecified atom stereocenters. The molecule has 3 heterocycles. The van der Waals surface area contributed by atoms with Gasteiger partial charge in [0.15, 0.2) is 0 Å². The second-order valence-corrected chi connectivity index (χ2v) is 8.78. The minimum Gasteiger partial charge on any atom is -0.315 e. The van der Waals surface area contributed by atoms with Crippen LogP contribution in [0.15, 0.2) is 48.8 Å². The van der Waals surface area contributed by atoms with E-state index in [4.69, 9.17) is 0 Å². The van der Waals surface area contributed by atoms with Gasteiger partial charge in [-0.1, -0.05) is 11.3 Å². The molecule has 0 bridgehead atoms. The van der Waals surface area contributed by atoms with Crippen molar-refractivity contribution in [3.63, 3.8) is 0 Å². The Morgan fingerprint density at radius 2 is 2.09 bits per heavy atom. The van der Waals surface area contributed by atoms with Gasteiger partial charge in [-0.2, -0.15) is 0 Å². The molecule has 0 aliphatic carbocycles. The Balaban J connectivity index is 1.59. The van der Waals surface area contributed by atoms with E-state index in [1.54, 1.807) is 41.0 Å². The third-order valence-electron chi connectivity index (χ3n) is 6.45. The number of rotatable bonds is 5. The molecule has 180 valence electrons. The third-order valence-corrected chi connectivity index (χ3v) is 6.45. The van der Waals surface area contributed by atoms with Gasteiger partial charge in [-0.15, -0.1) is 5.10 Å². The maximum Gasteiger partial charge on any atom is 0.262 e. The van der Waals surface area contributed by atoms with Gasteiger partial charge >= 0.3 is 0 Å². The molecular formula is C26H26F2N6O. The van der Waals surface area contributed by atoms with E-state index >= 15 is 4.39 Å². The lowest BCUT2D eigenvalue weighted by Crippen LogP contribution is -2.49. The molecule has 1 aliphatic rings. The van der Waals surface area contributed by atoms with Gasteiger partial charge in [-0.25, -0.2) is 13.8 Å². The van der Waals surface area contributed by atoms with E-state index in [1.165, 1.54) is 24.3 Å². The zero-order chi connectivity index (χ0) is 24.5. The van der Waals surface area contributed by atoms with E-state index < -0.39 is 11.7 Å². The molecule has 4 aromatic rings. The summed E-state index contributed by atoms with van der Waals surface area (Å²) in [7, 11) is 0. The zero-order valence-electron chi connectivity index (χ0n) is 19.6. The highest BCUT2D eigenvalue weighted by atomic mass is 19.1. The minimum absolute atomic E-state index is 0.0548. The number of halogens is 2. The van der Waals surface area contributed by atoms with E-state index in [0.29, 0.717) is 46.5 Å². The van der Waals surface area contributed by atoms with Crippen LogP contribution in [0.1, 0.15) is 35.7 Å². The minimum atomic E-state index is -0.643. The SMILES string of the molecule is CCn1cc(-c2ccc(C(=O)N(c3nccc4cc(F)cc(C)c34)[C@@H]3CCCNC3)c(F)c2)nn1. The molecule has 9 heteroatoms. The van der Waals surface area contributed by atoms with Crippen molar-refractivity contribution in [1.29, 1.82) is 0 Å². The van der Waals surface area contributed by atoms with Crippen LogP contribution in [0.25, 0.3) is 22.0 Å². The molecule has 1 saturated heterocycles. The first-order chi connectivity index (χ1) is 17.0. The standard InChI is InChI=1S/C26H26F2N6O/c1-3-33-15-23(31-32-33)17-6-7-21(22(28)13-17)26(35)34(20-5-4-9-29-14-20)25-24-16(2)11-19(27)12-18(24)8-10-30-25/h6-8,10-13,15,20,29H,3-5,9,14H2,1-2H3/t20-/m1/s1. The van der Waals surface area contributed by atoms with Crippen molar-refractivity contribution in [2.24, 2.45) is 0 Å². The molecule has 0 radical (unpaired) electrons. The molecule has 1 amide bonds. The number of nitrogens with zero attached hydrogens (tertiary/aromatic N) is 5. The zero-order valence-corrected chi connectivity index (χ0v) is 19.6. The van der Waals surface area contributed by atoms with Crippen molar-refractivity contribution < 1.29 is 13.6 Å². The second-order valence-electron chi connectivity index (χ2n) is 8.78. The Morgan fingerprint density at radius 3 is 2.80 bits per heavy atom. The number of aromatic nitrogens is 4. The Morgan fingerprint density at radius 1 is 1.23 bits per heavy atom. The molecule has 1 N–H and O–H groups in total. The van der Waals surface area contributed by atoms with E-state index in [-0.39, 0.29) is 17.4 Å². The largest absolute Gasteiger partial charge is 0.315 e. The summed E-state index contributed by atoms with van der Waals surface area (Å²) in [5.41, 5.74) is 1.69. The molecule has 5 rings (SSSR count). The summed E-state index contributed by atoms with van der Waals surface area (Å²) in [6.07, 6.45) is 4.92. The van der Waals surface area contributed by atoms with Gasteiger partial charge in [0.1, 0.15) is 23.1 Å². The number of fused-ring (bicyclic) bond motifs is 1. The summed E-state index contributed by atoms with van der Waals surface area (Å²) in [5.74, 6) is -1.07. The van der Waals surface area contributed by atoms with Crippen molar-refractivity contribution in [3.8, 4) is 11.3 Å². The predicted octanol–water partition coefficient (Wildman–Crippen LogP) is 4.50. The van der Waals surface area contributed by atoms with E-state index in [0.717, 1.165) is 19.4 Å². The van der Waals surface area contributed by atoms with Crippen LogP contribution in [0, 0.1) is 18.6 Å². The summed E-state index contributed by atoms with van der Waals surface area (Å²) in [5, 5.41) is 12.7. The van der Waals surface area contributed by atoms with Crippen molar-refractivity contribution in [2.75, 3.05) is 18.0 Å². The van der Waals surface area contributed by atoms with Crippen LogP contribution in [0.2, 0.25) is 0 Å². The molecule has 0 spiro atoms. The molecular weight excluding hydrogens is 450 g/mol. The highest BCUT2D eigenvalue weighted by Crippen LogP contribution is 2.33. The Bertz CT molecular complexity index is 1400. The van der Waals surface area contributed by atoms with Gasteiger partial charge in [0.2, 0.25) is 0 Å². The van der Waals surface area contributed by atoms with Gasteiger partial charge < -0.3 is 5.32 Å². The number of benzene rings is 2. The summed E-state index contributed by atoms with van der Waals surface area (Å²) >= 11 is 0. The topological polar surface area (TPSA) is 75.9 Å². The molecule has 1 aliphatic heterocycles. The van der Waals surface area contributed by atoms with E-state index in [9.17, 15) is 9.18 Å². The van der Waals surface area contributed by atoms with Crippen molar-refractivity contribution in [1.82, 2.24) is 25.3 Å². The molecule has 2 aromatic heterocycles. The van der Waals surface area contributed by atoms with Crippen LogP contribution in [-0.4, -0.2) is 45.0 Å². The maximum absolute atomic E-state index is 15.4. The van der Waals surface area contributed by atoms with Crippen molar-refractivity contribution in [2.45, 2.75) is 39.3 Å². The van der Waals surface area contributed by atoms with Crippen molar-refractivity contribution in [3.05, 3.63) is 71.6 Å². The Kier molecular flexibility index (Phi) is 6.25. The molecule has 1 fully saturated rings. The fourth-order valence-electron chi connectivity index (χ4n) is 4.69. The van der Waals surface area contributed by atoms with Crippen molar-refractivity contribution >= 4 is 22.5 Å². The normalized spacial score (nSPS) is 15.9. The first kappa shape index (κ1) is 23.0. The fourth-order valence-corrected chi connectivity index (χ4v) is 4.69. The van der Waals surface area contributed by atoms with Gasteiger partial charge in [0.05, 0.1) is 17.8 Å². The van der Waals surface area contributed by atoms with Crippen LogP contribution in [0.4, 0.5) is 14.6 Å². The Hall–Kier alpha value is -3.72. The number of carbonyl (C=O) groups is 1. The van der Waals surface area contributed by atoms with Crippen LogP contribution in [0.3, 0.4) is 0 Å². The lowest BCUT2D eigenvalue weighted by molar-refractivity contribution is 0.0968. The Labute approximate surface area is 201 Å². The quantitative estimate of drug-likeness (QED) is 0.459. The smallest absolute Gasteiger partial charge is 0.262 e. The van der Waals surface area contributed by atoms with Gasteiger partial charge in [0.25, 0.3) is 5.91 Å².